The number of benzene rings is 1. The monoisotopic (exact) mass is 267 g/mol. The summed E-state index contributed by atoms with van der Waals surface area (Å²) < 4.78 is 33.4. The highest BCUT2D eigenvalue weighted by Crippen LogP contribution is 2.29. The van der Waals surface area contributed by atoms with Crippen LogP contribution in [0.5, 0.6) is 0 Å². The largest absolute Gasteiger partial charge is 0.496 e. The van der Waals surface area contributed by atoms with E-state index in [2.05, 4.69) is 5.32 Å². The standard InChI is InChI=1S/C15H19F2NO/c1-2-9-18-15(13-8-3-4-10-19-13)14-11(16)6-5-7-12(14)17/h5-8,15,18H,2-4,9-10H2,1H3. The summed E-state index contributed by atoms with van der Waals surface area (Å²) in [6.07, 6.45) is 4.64. The van der Waals surface area contributed by atoms with Crippen LogP contribution in [0.4, 0.5) is 8.78 Å². The van der Waals surface area contributed by atoms with Crippen LogP contribution < -0.4 is 5.32 Å². The smallest absolute Gasteiger partial charge is 0.131 e. The van der Waals surface area contributed by atoms with E-state index in [1.165, 1.54) is 18.2 Å². The summed E-state index contributed by atoms with van der Waals surface area (Å²) in [5.41, 5.74) is 0.0455. The fourth-order valence-corrected chi connectivity index (χ4v) is 2.20. The molecule has 0 bridgehead atoms. The predicted octanol–water partition coefficient (Wildman–Crippen LogP) is 3.70. The molecule has 1 aliphatic heterocycles. The highest BCUT2D eigenvalue weighted by molar-refractivity contribution is 5.29. The molecule has 1 unspecified atom stereocenters. The fraction of sp³-hybridized carbons (Fsp3) is 0.467. The molecule has 0 spiro atoms. The molecule has 0 saturated heterocycles. The first-order valence-corrected chi connectivity index (χ1v) is 6.74. The molecule has 0 aliphatic carbocycles. The van der Waals surface area contributed by atoms with E-state index in [4.69, 9.17) is 4.74 Å². The SMILES string of the molecule is CCCNC(C1=CCCCO1)c1c(F)cccc1F. The van der Waals surface area contributed by atoms with Crippen LogP contribution >= 0.6 is 0 Å². The van der Waals surface area contributed by atoms with E-state index < -0.39 is 17.7 Å². The van der Waals surface area contributed by atoms with Crippen LogP contribution in [0.2, 0.25) is 0 Å². The molecule has 0 amide bonds. The van der Waals surface area contributed by atoms with E-state index in [0.717, 1.165) is 19.3 Å². The quantitative estimate of drug-likeness (QED) is 0.878. The van der Waals surface area contributed by atoms with Gasteiger partial charge in [0.25, 0.3) is 0 Å². The van der Waals surface area contributed by atoms with E-state index in [0.29, 0.717) is 18.9 Å². The molecule has 19 heavy (non-hydrogen) atoms. The zero-order valence-electron chi connectivity index (χ0n) is 11.1. The topological polar surface area (TPSA) is 21.3 Å². The van der Waals surface area contributed by atoms with Crippen molar-refractivity contribution < 1.29 is 13.5 Å². The zero-order valence-corrected chi connectivity index (χ0v) is 11.1. The van der Waals surface area contributed by atoms with Crippen molar-refractivity contribution in [2.24, 2.45) is 0 Å². The lowest BCUT2D eigenvalue weighted by Crippen LogP contribution is -2.28. The molecular weight excluding hydrogens is 248 g/mol. The summed E-state index contributed by atoms with van der Waals surface area (Å²) >= 11 is 0. The first-order chi connectivity index (χ1) is 9.24. The van der Waals surface area contributed by atoms with Crippen LogP contribution in [0.15, 0.2) is 30.0 Å². The van der Waals surface area contributed by atoms with Crippen LogP contribution in [0.1, 0.15) is 37.8 Å². The van der Waals surface area contributed by atoms with Gasteiger partial charge in [-0.15, -0.1) is 0 Å². The molecule has 104 valence electrons. The first kappa shape index (κ1) is 14.0. The third-order valence-corrected chi connectivity index (χ3v) is 3.13. The molecule has 0 aromatic heterocycles. The minimum Gasteiger partial charge on any atom is -0.496 e. The Bertz CT molecular complexity index is 439. The van der Waals surface area contributed by atoms with Gasteiger partial charge in [-0.05, 0) is 44.0 Å². The lowest BCUT2D eigenvalue weighted by atomic mass is 10.0. The summed E-state index contributed by atoms with van der Waals surface area (Å²) in [7, 11) is 0. The van der Waals surface area contributed by atoms with Crippen molar-refractivity contribution in [3.8, 4) is 0 Å². The number of allylic oxidation sites excluding steroid dienone is 1. The second kappa shape index (κ2) is 6.66. The normalized spacial score (nSPS) is 16.7. The number of halogens is 2. The first-order valence-electron chi connectivity index (χ1n) is 6.74. The van der Waals surface area contributed by atoms with Gasteiger partial charge in [0, 0.05) is 5.56 Å². The zero-order chi connectivity index (χ0) is 13.7. The number of rotatable bonds is 5. The van der Waals surface area contributed by atoms with E-state index in [1.807, 2.05) is 13.0 Å². The van der Waals surface area contributed by atoms with Crippen molar-refractivity contribution in [1.29, 1.82) is 0 Å². The van der Waals surface area contributed by atoms with Crippen molar-refractivity contribution in [1.82, 2.24) is 5.32 Å². The Labute approximate surface area is 112 Å². The molecule has 2 rings (SSSR count). The molecule has 1 aromatic carbocycles. The van der Waals surface area contributed by atoms with Gasteiger partial charge in [-0.2, -0.15) is 0 Å². The maximum absolute atomic E-state index is 13.9. The molecule has 1 N–H and O–H groups in total. The molecule has 0 saturated carbocycles. The van der Waals surface area contributed by atoms with E-state index in [9.17, 15) is 8.78 Å². The molecule has 2 nitrogen and oxygen atoms in total. The van der Waals surface area contributed by atoms with Gasteiger partial charge in [0.1, 0.15) is 17.4 Å². The van der Waals surface area contributed by atoms with E-state index >= 15 is 0 Å². The van der Waals surface area contributed by atoms with Gasteiger partial charge in [-0.1, -0.05) is 13.0 Å². The predicted molar refractivity (Wildman–Crippen MR) is 70.7 cm³/mol. The molecule has 1 atom stereocenters. The van der Waals surface area contributed by atoms with Crippen LogP contribution in [0.3, 0.4) is 0 Å². The van der Waals surface area contributed by atoms with Gasteiger partial charge < -0.3 is 10.1 Å². The number of ether oxygens (including phenoxy) is 1. The Morgan fingerprint density at radius 1 is 1.32 bits per heavy atom. The lowest BCUT2D eigenvalue weighted by molar-refractivity contribution is 0.165. The van der Waals surface area contributed by atoms with Gasteiger partial charge >= 0.3 is 0 Å². The van der Waals surface area contributed by atoms with Gasteiger partial charge in [0.05, 0.1) is 12.6 Å². The highest BCUT2D eigenvalue weighted by Gasteiger charge is 2.25. The maximum Gasteiger partial charge on any atom is 0.131 e. The van der Waals surface area contributed by atoms with Gasteiger partial charge in [-0.25, -0.2) is 8.78 Å². The van der Waals surface area contributed by atoms with Crippen molar-refractivity contribution in [3.05, 3.63) is 47.2 Å². The minimum atomic E-state index is -0.540. The van der Waals surface area contributed by atoms with Crippen molar-refractivity contribution in [2.45, 2.75) is 32.2 Å². The summed E-state index contributed by atoms with van der Waals surface area (Å²) in [5.74, 6) is -0.448. The Morgan fingerprint density at radius 2 is 2.05 bits per heavy atom. The fourth-order valence-electron chi connectivity index (χ4n) is 2.20. The van der Waals surface area contributed by atoms with E-state index in [-0.39, 0.29) is 5.56 Å². The number of hydrogen-bond acceptors (Lipinski definition) is 2. The lowest BCUT2D eigenvalue weighted by Gasteiger charge is -2.25. The van der Waals surface area contributed by atoms with Crippen LogP contribution in [-0.4, -0.2) is 13.2 Å². The van der Waals surface area contributed by atoms with Crippen LogP contribution in [0.25, 0.3) is 0 Å². The van der Waals surface area contributed by atoms with Crippen LogP contribution in [0, 0.1) is 11.6 Å². The Kier molecular flexibility index (Phi) is 4.91. The summed E-state index contributed by atoms with van der Waals surface area (Å²) in [5, 5.41) is 3.16. The van der Waals surface area contributed by atoms with Crippen LogP contribution in [-0.2, 0) is 4.74 Å². The van der Waals surface area contributed by atoms with Crippen molar-refractivity contribution >= 4 is 0 Å². The molecule has 0 radical (unpaired) electrons. The molecular formula is C15H19F2NO. The highest BCUT2D eigenvalue weighted by atomic mass is 19.1. The molecule has 0 fully saturated rings. The Balaban J connectivity index is 2.33. The van der Waals surface area contributed by atoms with Crippen molar-refractivity contribution in [3.63, 3.8) is 0 Å². The molecule has 1 aromatic rings. The average Bonchev–Trinajstić information content (AvgIpc) is 2.43. The second-order valence-corrected chi connectivity index (χ2v) is 4.62. The maximum atomic E-state index is 13.9. The average molecular weight is 267 g/mol. The molecule has 1 heterocycles. The molecule has 4 heteroatoms. The van der Waals surface area contributed by atoms with E-state index in [1.54, 1.807) is 0 Å². The van der Waals surface area contributed by atoms with Crippen molar-refractivity contribution in [2.75, 3.05) is 13.2 Å². The minimum absolute atomic E-state index is 0.0455. The summed E-state index contributed by atoms with van der Waals surface area (Å²) in [6.45, 7) is 3.29. The Hall–Kier alpha value is -1.42. The van der Waals surface area contributed by atoms with Gasteiger partial charge in [0.15, 0.2) is 0 Å². The third kappa shape index (κ3) is 3.32. The third-order valence-electron chi connectivity index (χ3n) is 3.13. The number of hydrogen-bond donors (Lipinski definition) is 1. The summed E-state index contributed by atoms with van der Waals surface area (Å²) in [4.78, 5) is 0. The summed E-state index contributed by atoms with van der Waals surface area (Å²) in [6, 6.07) is 3.40. The van der Waals surface area contributed by atoms with Gasteiger partial charge in [0.2, 0.25) is 0 Å². The number of nitrogens with one attached hydrogen (secondary N) is 1. The Morgan fingerprint density at radius 3 is 2.63 bits per heavy atom. The van der Waals surface area contributed by atoms with Gasteiger partial charge in [-0.3, -0.25) is 0 Å². The second-order valence-electron chi connectivity index (χ2n) is 4.62. The molecule has 1 aliphatic rings.